The number of methoxy groups -OCH3 is 1. The maximum atomic E-state index is 12.5. The van der Waals surface area contributed by atoms with Gasteiger partial charge in [-0.05, 0) is 42.8 Å². The largest absolute Gasteiger partial charge is 0.493 e. The number of fused-ring (bicyclic) bond motifs is 1. The second-order valence-electron chi connectivity index (χ2n) is 7.04. The second kappa shape index (κ2) is 11.1. The number of ether oxygens (including phenoxy) is 4. The second-order valence-corrected chi connectivity index (χ2v) is 7.04. The highest BCUT2D eigenvalue weighted by Gasteiger charge is 2.16. The fourth-order valence-electron chi connectivity index (χ4n) is 3.08. The highest BCUT2D eigenvalue weighted by atomic mass is 16.6. The number of hydrazine groups is 1. The molecule has 0 aliphatic carbocycles. The van der Waals surface area contributed by atoms with Gasteiger partial charge in [0.15, 0.2) is 23.0 Å². The molecule has 2 N–H and O–H groups in total. The average molecular weight is 428 g/mol. The lowest BCUT2D eigenvalue weighted by atomic mass is 10.2. The van der Waals surface area contributed by atoms with Crippen LogP contribution in [0.5, 0.6) is 23.0 Å². The lowest BCUT2D eigenvalue weighted by molar-refractivity contribution is 0.0846. The number of rotatable bonds is 9. The fraction of sp³-hybridized carbons (Fsp3) is 0.391. The van der Waals surface area contributed by atoms with Crippen molar-refractivity contribution < 1.29 is 28.5 Å². The van der Waals surface area contributed by atoms with Gasteiger partial charge in [0.1, 0.15) is 13.2 Å². The van der Waals surface area contributed by atoms with Crippen molar-refractivity contribution in [1.82, 2.24) is 10.9 Å². The predicted octanol–water partition coefficient (Wildman–Crippen LogP) is 3.50. The minimum Gasteiger partial charge on any atom is -0.493 e. The molecule has 0 bridgehead atoms. The molecule has 0 saturated heterocycles. The van der Waals surface area contributed by atoms with Crippen molar-refractivity contribution in [2.75, 3.05) is 26.9 Å². The Kier molecular flexibility index (Phi) is 7.98. The van der Waals surface area contributed by atoms with Crippen LogP contribution in [0, 0.1) is 0 Å². The van der Waals surface area contributed by atoms with Crippen LogP contribution in [-0.4, -0.2) is 38.7 Å². The quantitative estimate of drug-likeness (QED) is 0.469. The zero-order valence-corrected chi connectivity index (χ0v) is 17.9. The Balaban J connectivity index is 1.55. The van der Waals surface area contributed by atoms with Crippen LogP contribution < -0.4 is 29.8 Å². The third kappa shape index (κ3) is 6.04. The Morgan fingerprint density at radius 2 is 1.55 bits per heavy atom. The van der Waals surface area contributed by atoms with E-state index in [4.69, 9.17) is 18.9 Å². The average Bonchev–Trinajstić information content (AvgIpc) is 2.81. The lowest BCUT2D eigenvalue weighted by Gasteiger charge is -2.18. The van der Waals surface area contributed by atoms with Crippen LogP contribution in [-0.2, 0) is 0 Å². The summed E-state index contributed by atoms with van der Waals surface area (Å²) in [4.78, 5) is 24.8. The molecule has 0 unspecified atom stereocenters. The number of nitrogens with one attached hydrogen (secondary N) is 2. The molecule has 1 heterocycles. The number of carbonyl (C=O) groups is 2. The van der Waals surface area contributed by atoms with Gasteiger partial charge in [-0.15, -0.1) is 0 Å². The van der Waals surface area contributed by atoms with Gasteiger partial charge in [-0.1, -0.05) is 26.2 Å². The fourth-order valence-corrected chi connectivity index (χ4v) is 3.08. The van der Waals surface area contributed by atoms with Crippen molar-refractivity contribution in [2.45, 2.75) is 32.6 Å². The van der Waals surface area contributed by atoms with E-state index in [0.717, 1.165) is 12.8 Å². The van der Waals surface area contributed by atoms with E-state index in [1.807, 2.05) is 0 Å². The Hall–Kier alpha value is -3.42. The van der Waals surface area contributed by atoms with Crippen molar-refractivity contribution in [3.8, 4) is 23.0 Å². The highest BCUT2D eigenvalue weighted by molar-refractivity contribution is 5.99. The Bertz CT molecular complexity index is 915. The van der Waals surface area contributed by atoms with E-state index in [2.05, 4.69) is 17.8 Å². The van der Waals surface area contributed by atoms with E-state index >= 15 is 0 Å². The summed E-state index contributed by atoms with van der Waals surface area (Å²) in [6, 6.07) is 9.73. The smallest absolute Gasteiger partial charge is 0.269 e. The molecule has 0 atom stereocenters. The van der Waals surface area contributed by atoms with Crippen molar-refractivity contribution >= 4 is 11.8 Å². The first-order valence-electron chi connectivity index (χ1n) is 10.4. The highest BCUT2D eigenvalue weighted by Crippen LogP contribution is 2.31. The number of hydrogen-bond acceptors (Lipinski definition) is 6. The first-order chi connectivity index (χ1) is 15.1. The third-order valence-corrected chi connectivity index (χ3v) is 4.78. The van der Waals surface area contributed by atoms with E-state index < -0.39 is 11.8 Å². The maximum absolute atomic E-state index is 12.5. The van der Waals surface area contributed by atoms with Crippen LogP contribution in [0.3, 0.4) is 0 Å². The molecule has 2 aromatic rings. The third-order valence-electron chi connectivity index (χ3n) is 4.78. The van der Waals surface area contributed by atoms with Crippen molar-refractivity contribution in [3.05, 3.63) is 47.5 Å². The normalized spacial score (nSPS) is 12.1. The van der Waals surface area contributed by atoms with Gasteiger partial charge in [-0.25, -0.2) is 0 Å². The van der Waals surface area contributed by atoms with Gasteiger partial charge in [0.2, 0.25) is 0 Å². The zero-order valence-electron chi connectivity index (χ0n) is 17.9. The predicted molar refractivity (Wildman–Crippen MR) is 115 cm³/mol. The molecule has 8 nitrogen and oxygen atoms in total. The van der Waals surface area contributed by atoms with Gasteiger partial charge in [0, 0.05) is 11.1 Å². The van der Waals surface area contributed by atoms with Crippen LogP contribution in [0.1, 0.15) is 53.3 Å². The number of benzene rings is 2. The molecule has 166 valence electrons. The molecule has 8 heteroatoms. The minimum absolute atomic E-state index is 0.331. The topological polar surface area (TPSA) is 95.1 Å². The first kappa shape index (κ1) is 22.3. The summed E-state index contributed by atoms with van der Waals surface area (Å²) in [5.41, 5.74) is 5.48. The number of amides is 2. The minimum atomic E-state index is -0.473. The summed E-state index contributed by atoms with van der Waals surface area (Å²) in [6.45, 7) is 3.65. The molecule has 0 radical (unpaired) electrons. The van der Waals surface area contributed by atoms with Gasteiger partial charge in [-0.2, -0.15) is 0 Å². The van der Waals surface area contributed by atoms with Gasteiger partial charge < -0.3 is 18.9 Å². The van der Waals surface area contributed by atoms with E-state index in [0.29, 0.717) is 53.9 Å². The van der Waals surface area contributed by atoms with Gasteiger partial charge in [0.05, 0.1) is 13.7 Å². The summed E-state index contributed by atoms with van der Waals surface area (Å²) in [5.74, 6) is 1.19. The molecule has 0 fully saturated rings. The number of carbonyl (C=O) groups excluding carboxylic acids is 2. The van der Waals surface area contributed by atoms with E-state index in [1.165, 1.54) is 20.0 Å². The maximum Gasteiger partial charge on any atom is 0.269 e. The van der Waals surface area contributed by atoms with E-state index in [-0.39, 0.29) is 0 Å². The summed E-state index contributed by atoms with van der Waals surface area (Å²) < 4.78 is 22.0. The van der Waals surface area contributed by atoms with Crippen LogP contribution in [0.15, 0.2) is 36.4 Å². The van der Waals surface area contributed by atoms with Crippen LogP contribution in [0.2, 0.25) is 0 Å². The SMILES string of the molecule is CCCCCCOc1ccc(C(=O)NNC(=O)c2ccc3c(c2)OCCO3)cc1OC. The molecule has 31 heavy (non-hydrogen) atoms. The Morgan fingerprint density at radius 1 is 0.871 bits per heavy atom. The van der Waals surface area contributed by atoms with Crippen LogP contribution in [0.25, 0.3) is 0 Å². The standard InChI is InChI=1S/C23H28N2O6/c1-3-4-5-6-11-29-18-9-7-16(14-20(18)28-2)22(26)24-25-23(27)17-8-10-19-21(15-17)31-13-12-30-19/h7-10,14-15H,3-6,11-13H2,1-2H3,(H,24,26)(H,25,27). The molecule has 1 aliphatic rings. The van der Waals surface area contributed by atoms with Crippen molar-refractivity contribution in [1.29, 1.82) is 0 Å². The summed E-state index contributed by atoms with van der Waals surface area (Å²) in [5, 5.41) is 0. The monoisotopic (exact) mass is 428 g/mol. The van der Waals surface area contributed by atoms with Gasteiger partial charge >= 0.3 is 0 Å². The number of hydrogen-bond donors (Lipinski definition) is 2. The van der Waals surface area contributed by atoms with Crippen molar-refractivity contribution in [3.63, 3.8) is 0 Å². The Morgan fingerprint density at radius 3 is 2.26 bits per heavy atom. The van der Waals surface area contributed by atoms with E-state index in [1.54, 1.807) is 36.4 Å². The first-order valence-corrected chi connectivity index (χ1v) is 10.4. The summed E-state index contributed by atoms with van der Waals surface area (Å²) >= 11 is 0. The van der Waals surface area contributed by atoms with Crippen molar-refractivity contribution in [2.24, 2.45) is 0 Å². The molecular weight excluding hydrogens is 400 g/mol. The van der Waals surface area contributed by atoms with Crippen LogP contribution in [0.4, 0.5) is 0 Å². The molecule has 2 aromatic carbocycles. The lowest BCUT2D eigenvalue weighted by Crippen LogP contribution is -2.41. The zero-order chi connectivity index (χ0) is 22.1. The summed E-state index contributed by atoms with van der Waals surface area (Å²) in [6.07, 6.45) is 4.42. The molecule has 0 spiro atoms. The van der Waals surface area contributed by atoms with E-state index in [9.17, 15) is 9.59 Å². The molecule has 0 saturated carbocycles. The number of unbranched alkanes of at least 4 members (excludes halogenated alkanes) is 3. The molecule has 1 aliphatic heterocycles. The molecule has 2 amide bonds. The Labute approximate surface area is 181 Å². The molecule has 0 aromatic heterocycles. The van der Waals surface area contributed by atoms with Crippen LogP contribution >= 0.6 is 0 Å². The molecular formula is C23H28N2O6. The summed E-state index contributed by atoms with van der Waals surface area (Å²) in [7, 11) is 1.52. The van der Waals surface area contributed by atoms with Gasteiger partial charge in [0.25, 0.3) is 11.8 Å². The molecule has 3 rings (SSSR count). The van der Waals surface area contributed by atoms with Gasteiger partial charge in [-0.3, -0.25) is 20.4 Å².